The van der Waals surface area contributed by atoms with Gasteiger partial charge in [-0.15, -0.1) is 0 Å². The number of amides is 2. The van der Waals surface area contributed by atoms with Gasteiger partial charge >= 0.3 is 6.03 Å². The minimum absolute atomic E-state index is 0.147. The highest BCUT2D eigenvalue weighted by atomic mass is 16.2. The summed E-state index contributed by atoms with van der Waals surface area (Å²) in [5.41, 5.74) is 0. The SMILES string of the molecule is O=C(NCCC1CCCNC1)N1CCCCC1. The van der Waals surface area contributed by atoms with E-state index in [1.807, 2.05) is 4.90 Å². The summed E-state index contributed by atoms with van der Waals surface area (Å²) in [5.74, 6) is 0.755. The zero-order valence-corrected chi connectivity index (χ0v) is 10.7. The molecule has 17 heavy (non-hydrogen) atoms. The van der Waals surface area contributed by atoms with Crippen LogP contribution in [0.3, 0.4) is 0 Å². The number of carbonyl (C=O) groups excluding carboxylic acids is 1. The lowest BCUT2D eigenvalue weighted by Crippen LogP contribution is -2.43. The molecule has 0 aromatic carbocycles. The summed E-state index contributed by atoms with van der Waals surface area (Å²) in [4.78, 5) is 13.8. The zero-order chi connectivity index (χ0) is 11.9. The van der Waals surface area contributed by atoms with E-state index in [0.717, 1.165) is 45.1 Å². The van der Waals surface area contributed by atoms with Crippen molar-refractivity contribution in [2.24, 2.45) is 5.92 Å². The van der Waals surface area contributed by atoms with E-state index in [1.165, 1.54) is 32.1 Å². The lowest BCUT2D eigenvalue weighted by atomic mass is 9.96. The van der Waals surface area contributed by atoms with Gasteiger partial charge < -0.3 is 15.5 Å². The van der Waals surface area contributed by atoms with Crippen LogP contribution in [0.1, 0.15) is 38.5 Å². The van der Waals surface area contributed by atoms with Gasteiger partial charge in [0.2, 0.25) is 0 Å². The molecule has 2 N–H and O–H groups in total. The quantitative estimate of drug-likeness (QED) is 0.785. The molecule has 0 saturated carbocycles. The van der Waals surface area contributed by atoms with E-state index in [1.54, 1.807) is 0 Å². The predicted octanol–water partition coefficient (Wildman–Crippen LogP) is 1.57. The summed E-state index contributed by atoms with van der Waals surface area (Å²) in [6, 6.07) is 0.147. The summed E-state index contributed by atoms with van der Waals surface area (Å²) in [6.45, 7) is 5.01. The molecule has 2 heterocycles. The van der Waals surface area contributed by atoms with Crippen molar-refractivity contribution in [3.8, 4) is 0 Å². The smallest absolute Gasteiger partial charge is 0.317 e. The van der Waals surface area contributed by atoms with Gasteiger partial charge in [-0.1, -0.05) is 0 Å². The van der Waals surface area contributed by atoms with Crippen molar-refractivity contribution in [1.82, 2.24) is 15.5 Å². The van der Waals surface area contributed by atoms with Gasteiger partial charge in [0.15, 0.2) is 0 Å². The Morgan fingerprint density at radius 2 is 2.06 bits per heavy atom. The monoisotopic (exact) mass is 239 g/mol. The summed E-state index contributed by atoms with van der Waals surface area (Å²) < 4.78 is 0. The molecule has 1 unspecified atom stereocenters. The first kappa shape index (κ1) is 12.7. The van der Waals surface area contributed by atoms with Gasteiger partial charge in [0, 0.05) is 19.6 Å². The molecule has 0 aromatic heterocycles. The molecule has 0 aliphatic carbocycles. The fourth-order valence-corrected chi connectivity index (χ4v) is 2.76. The van der Waals surface area contributed by atoms with Gasteiger partial charge in [-0.3, -0.25) is 0 Å². The minimum Gasteiger partial charge on any atom is -0.338 e. The van der Waals surface area contributed by atoms with Crippen molar-refractivity contribution >= 4 is 6.03 Å². The van der Waals surface area contributed by atoms with Crippen LogP contribution in [-0.4, -0.2) is 43.7 Å². The molecular weight excluding hydrogens is 214 g/mol. The van der Waals surface area contributed by atoms with Gasteiger partial charge in [-0.25, -0.2) is 4.79 Å². The highest BCUT2D eigenvalue weighted by molar-refractivity contribution is 5.74. The number of urea groups is 1. The molecule has 1 atom stereocenters. The third-order valence-corrected chi connectivity index (χ3v) is 3.87. The second kappa shape index (κ2) is 6.84. The molecule has 98 valence electrons. The maximum Gasteiger partial charge on any atom is 0.317 e. The summed E-state index contributed by atoms with van der Waals surface area (Å²) in [5, 5.41) is 6.47. The van der Waals surface area contributed by atoms with E-state index in [0.29, 0.717) is 0 Å². The molecule has 4 heteroatoms. The number of piperidine rings is 2. The molecule has 0 radical (unpaired) electrons. The maximum absolute atomic E-state index is 11.8. The van der Waals surface area contributed by atoms with Crippen LogP contribution in [0.15, 0.2) is 0 Å². The molecule has 2 rings (SSSR count). The summed E-state index contributed by atoms with van der Waals surface area (Å²) in [7, 11) is 0. The normalized spacial score (nSPS) is 25.6. The Morgan fingerprint density at radius 3 is 2.76 bits per heavy atom. The second-order valence-electron chi connectivity index (χ2n) is 5.28. The number of hydrogen-bond donors (Lipinski definition) is 2. The molecule has 0 aromatic rings. The van der Waals surface area contributed by atoms with E-state index in [9.17, 15) is 4.79 Å². The highest BCUT2D eigenvalue weighted by Gasteiger charge is 2.17. The molecule has 2 aliphatic heterocycles. The number of carbonyl (C=O) groups is 1. The van der Waals surface area contributed by atoms with E-state index < -0.39 is 0 Å². The van der Waals surface area contributed by atoms with E-state index in [2.05, 4.69) is 10.6 Å². The number of nitrogens with one attached hydrogen (secondary N) is 2. The third kappa shape index (κ3) is 4.19. The van der Waals surface area contributed by atoms with Crippen LogP contribution in [0.4, 0.5) is 4.79 Å². The Labute approximate surface area is 104 Å². The molecule has 0 spiro atoms. The van der Waals surface area contributed by atoms with Gasteiger partial charge in [0.05, 0.1) is 0 Å². The molecule has 2 fully saturated rings. The molecule has 2 aliphatic rings. The van der Waals surface area contributed by atoms with Crippen LogP contribution in [-0.2, 0) is 0 Å². The van der Waals surface area contributed by atoms with Crippen LogP contribution < -0.4 is 10.6 Å². The molecule has 2 saturated heterocycles. The van der Waals surface area contributed by atoms with E-state index in [4.69, 9.17) is 0 Å². The molecular formula is C13H25N3O. The second-order valence-corrected chi connectivity index (χ2v) is 5.28. The van der Waals surface area contributed by atoms with Crippen LogP contribution in [0.2, 0.25) is 0 Å². The molecule has 2 amide bonds. The Balaban J connectivity index is 1.58. The highest BCUT2D eigenvalue weighted by Crippen LogP contribution is 2.13. The molecule has 0 bridgehead atoms. The lowest BCUT2D eigenvalue weighted by molar-refractivity contribution is 0.185. The van der Waals surface area contributed by atoms with Crippen molar-refractivity contribution < 1.29 is 4.79 Å². The Morgan fingerprint density at radius 1 is 1.24 bits per heavy atom. The number of likely N-dealkylation sites (tertiary alicyclic amines) is 1. The van der Waals surface area contributed by atoms with Crippen molar-refractivity contribution in [1.29, 1.82) is 0 Å². The lowest BCUT2D eigenvalue weighted by Gasteiger charge is -2.27. The third-order valence-electron chi connectivity index (χ3n) is 3.87. The summed E-state index contributed by atoms with van der Waals surface area (Å²) >= 11 is 0. The van der Waals surface area contributed by atoms with Crippen molar-refractivity contribution in [3.05, 3.63) is 0 Å². The number of hydrogen-bond acceptors (Lipinski definition) is 2. The number of rotatable bonds is 3. The van der Waals surface area contributed by atoms with Crippen LogP contribution in [0.5, 0.6) is 0 Å². The zero-order valence-electron chi connectivity index (χ0n) is 10.7. The fourth-order valence-electron chi connectivity index (χ4n) is 2.76. The van der Waals surface area contributed by atoms with Gasteiger partial charge in [-0.2, -0.15) is 0 Å². The first-order chi connectivity index (χ1) is 8.36. The van der Waals surface area contributed by atoms with Crippen molar-refractivity contribution in [2.75, 3.05) is 32.7 Å². The van der Waals surface area contributed by atoms with Crippen LogP contribution >= 0.6 is 0 Å². The number of nitrogens with zero attached hydrogens (tertiary/aromatic N) is 1. The average molecular weight is 239 g/mol. The first-order valence-electron chi connectivity index (χ1n) is 7.10. The largest absolute Gasteiger partial charge is 0.338 e. The van der Waals surface area contributed by atoms with Crippen LogP contribution in [0, 0.1) is 5.92 Å². The Kier molecular flexibility index (Phi) is 5.10. The van der Waals surface area contributed by atoms with Crippen molar-refractivity contribution in [3.63, 3.8) is 0 Å². The van der Waals surface area contributed by atoms with E-state index >= 15 is 0 Å². The van der Waals surface area contributed by atoms with Crippen LogP contribution in [0.25, 0.3) is 0 Å². The fraction of sp³-hybridized carbons (Fsp3) is 0.923. The van der Waals surface area contributed by atoms with Crippen molar-refractivity contribution in [2.45, 2.75) is 38.5 Å². The minimum atomic E-state index is 0.147. The van der Waals surface area contributed by atoms with Gasteiger partial charge in [0.1, 0.15) is 0 Å². The Bertz CT molecular complexity index is 233. The Hall–Kier alpha value is -0.770. The van der Waals surface area contributed by atoms with E-state index in [-0.39, 0.29) is 6.03 Å². The average Bonchev–Trinajstić information content (AvgIpc) is 2.41. The predicted molar refractivity (Wildman–Crippen MR) is 69.0 cm³/mol. The first-order valence-corrected chi connectivity index (χ1v) is 7.10. The van der Waals surface area contributed by atoms with Gasteiger partial charge in [-0.05, 0) is 57.5 Å². The molecule has 4 nitrogen and oxygen atoms in total. The standard InChI is InChI=1S/C13H25N3O/c17-13(16-9-2-1-3-10-16)15-8-6-12-5-4-7-14-11-12/h12,14H,1-11H2,(H,15,17). The maximum atomic E-state index is 11.8. The van der Waals surface area contributed by atoms with Gasteiger partial charge in [0.25, 0.3) is 0 Å². The topological polar surface area (TPSA) is 44.4 Å². The summed E-state index contributed by atoms with van der Waals surface area (Å²) in [6.07, 6.45) is 7.32.